The molecule has 5 heteroatoms. The van der Waals surface area contributed by atoms with Crippen molar-refractivity contribution >= 4 is 115 Å². The van der Waals surface area contributed by atoms with Crippen LogP contribution >= 0.6 is 11.3 Å². The minimum atomic E-state index is -0.148. The van der Waals surface area contributed by atoms with E-state index in [0.29, 0.717) is 0 Å². The second kappa shape index (κ2) is 18.0. The molecule has 3 aromatic heterocycles. The van der Waals surface area contributed by atoms with Crippen molar-refractivity contribution in [2.75, 3.05) is 4.90 Å². The van der Waals surface area contributed by atoms with E-state index in [0.717, 1.165) is 77.9 Å². The summed E-state index contributed by atoms with van der Waals surface area (Å²) < 4.78 is 12.2. The molecular weight excluding hydrogens is 1020 g/mol. The van der Waals surface area contributed by atoms with E-state index in [2.05, 4.69) is 295 Å². The molecule has 18 rings (SSSR count). The highest BCUT2D eigenvalue weighted by molar-refractivity contribution is 7.25. The Morgan fingerprint density at radius 3 is 1.57 bits per heavy atom. The maximum atomic E-state index is 6.94. The van der Waals surface area contributed by atoms with Gasteiger partial charge in [0.15, 0.2) is 0 Å². The standard InChI is InChI=1S/C78H47BN2OS/c1-6-21-48(22-7-1)54-40-61(51-27-12-4-13-28-51)77(62(41-54)52-29-14-5-15-30-52)81-69-45-64-57-31-16-18-35-72(57)82-73(64)46-67(69)79-66-34-20-33-59-63-44-65-58-32-17-19-36-74(58)83-75(65)47-68(63)80(78(59)66)70-42-55(43-71(81)76(70)79)53-37-38-56(49-23-8-2-9-24-49)60(39-53)50-25-10-3-11-26-50/h1-47H. The highest BCUT2D eigenvalue weighted by Crippen LogP contribution is 2.53. The second-order valence-corrected chi connectivity index (χ2v) is 23.3. The number of hydrogen-bond acceptors (Lipinski definition) is 3. The fourth-order valence-electron chi connectivity index (χ4n) is 14.1. The molecule has 0 saturated carbocycles. The SMILES string of the molecule is c1ccc(-c2cc(-c3ccccc3)c(N3c4cc5c(cc4B4c6c3cc(-c3ccc(-c7ccccc7)c(-c7ccccc7)c3)cc6-n3c6cc7sc8ccccc8c7cc6c6cccc4c63)oc3ccccc35)c(-c3ccccc3)c2)cc1. The van der Waals surface area contributed by atoms with Gasteiger partial charge in [0.2, 0.25) is 0 Å². The molecule has 2 aliphatic heterocycles. The van der Waals surface area contributed by atoms with E-state index in [9.17, 15) is 0 Å². The summed E-state index contributed by atoms with van der Waals surface area (Å²) in [5.41, 5.74) is 26.5. The fourth-order valence-corrected chi connectivity index (χ4v) is 15.2. The lowest BCUT2D eigenvalue weighted by atomic mass is 9.33. The summed E-state index contributed by atoms with van der Waals surface area (Å²) in [6.07, 6.45) is 0. The number of hydrogen-bond donors (Lipinski definition) is 0. The van der Waals surface area contributed by atoms with Crippen LogP contribution in [0.15, 0.2) is 290 Å². The van der Waals surface area contributed by atoms with Gasteiger partial charge in [-0.25, -0.2) is 0 Å². The molecule has 0 aliphatic carbocycles. The van der Waals surface area contributed by atoms with Crippen molar-refractivity contribution in [3.8, 4) is 72.4 Å². The molecular formula is C78H47BN2OS. The maximum absolute atomic E-state index is 6.94. The molecule has 2 aliphatic rings. The average Bonchev–Trinajstić information content (AvgIpc) is 2.26. The topological polar surface area (TPSA) is 21.3 Å². The van der Waals surface area contributed by atoms with Crippen molar-refractivity contribution in [2.45, 2.75) is 0 Å². The number of fused-ring (bicyclic) bond motifs is 13. The van der Waals surface area contributed by atoms with Crippen LogP contribution in [0.3, 0.4) is 0 Å². The third-order valence-corrected chi connectivity index (χ3v) is 18.9. The first-order chi connectivity index (χ1) is 41.2. The van der Waals surface area contributed by atoms with Gasteiger partial charge >= 0.3 is 0 Å². The van der Waals surface area contributed by atoms with E-state index >= 15 is 0 Å². The summed E-state index contributed by atoms with van der Waals surface area (Å²) in [5.74, 6) is 0. The van der Waals surface area contributed by atoms with Crippen LogP contribution in [0.4, 0.5) is 17.1 Å². The Morgan fingerprint density at radius 2 is 0.867 bits per heavy atom. The zero-order chi connectivity index (χ0) is 54.3. The van der Waals surface area contributed by atoms with Gasteiger partial charge in [0.1, 0.15) is 11.2 Å². The van der Waals surface area contributed by atoms with Crippen molar-refractivity contribution < 1.29 is 4.42 Å². The predicted molar refractivity (Wildman–Crippen MR) is 353 cm³/mol. The van der Waals surface area contributed by atoms with Gasteiger partial charge in [0.05, 0.1) is 11.2 Å². The number of benzene rings is 13. The molecule has 83 heavy (non-hydrogen) atoms. The number of rotatable bonds is 7. The molecule has 16 aromatic rings. The van der Waals surface area contributed by atoms with E-state index < -0.39 is 0 Å². The Balaban J connectivity index is 1.02. The Morgan fingerprint density at radius 1 is 0.301 bits per heavy atom. The van der Waals surface area contributed by atoms with Crippen LogP contribution in [-0.2, 0) is 0 Å². The molecule has 0 fully saturated rings. The summed E-state index contributed by atoms with van der Waals surface area (Å²) in [6.45, 7) is -0.148. The zero-order valence-electron chi connectivity index (χ0n) is 44.9. The van der Waals surface area contributed by atoms with Crippen LogP contribution in [0.5, 0.6) is 0 Å². The number of para-hydroxylation sites is 2. The van der Waals surface area contributed by atoms with Gasteiger partial charge in [-0.05, 0) is 139 Å². The number of aromatic nitrogens is 1. The molecule has 13 aromatic carbocycles. The van der Waals surface area contributed by atoms with Crippen molar-refractivity contribution in [3.63, 3.8) is 0 Å². The maximum Gasteiger partial charge on any atom is 0.252 e. The highest BCUT2D eigenvalue weighted by atomic mass is 32.1. The molecule has 0 unspecified atom stereocenters. The largest absolute Gasteiger partial charge is 0.456 e. The van der Waals surface area contributed by atoms with Crippen LogP contribution in [0.25, 0.3) is 136 Å². The van der Waals surface area contributed by atoms with Gasteiger partial charge in [-0.2, -0.15) is 0 Å². The first-order valence-electron chi connectivity index (χ1n) is 28.6. The van der Waals surface area contributed by atoms with E-state index in [1.807, 2.05) is 11.3 Å². The van der Waals surface area contributed by atoms with Gasteiger partial charge in [0, 0.05) is 75.4 Å². The van der Waals surface area contributed by atoms with E-state index in [4.69, 9.17) is 4.42 Å². The van der Waals surface area contributed by atoms with Gasteiger partial charge in [-0.3, -0.25) is 0 Å². The molecule has 0 amide bonds. The quantitative estimate of drug-likeness (QED) is 0.148. The molecule has 0 N–H and O–H groups in total. The highest BCUT2D eigenvalue weighted by Gasteiger charge is 2.44. The fraction of sp³-hybridized carbons (Fsp3) is 0. The summed E-state index contributed by atoms with van der Waals surface area (Å²) in [5, 5.41) is 7.31. The van der Waals surface area contributed by atoms with Gasteiger partial charge in [-0.1, -0.05) is 218 Å². The average molecular weight is 1070 g/mol. The van der Waals surface area contributed by atoms with Crippen LogP contribution in [0.2, 0.25) is 0 Å². The monoisotopic (exact) mass is 1070 g/mol. The number of anilines is 3. The van der Waals surface area contributed by atoms with Crippen LogP contribution in [-0.4, -0.2) is 11.3 Å². The Hall–Kier alpha value is -10.5. The molecule has 0 spiro atoms. The van der Waals surface area contributed by atoms with Gasteiger partial charge in [-0.15, -0.1) is 11.3 Å². The predicted octanol–water partition coefficient (Wildman–Crippen LogP) is 19.7. The zero-order valence-corrected chi connectivity index (χ0v) is 45.7. The van der Waals surface area contributed by atoms with Crippen LogP contribution < -0.4 is 21.3 Å². The third-order valence-electron chi connectivity index (χ3n) is 17.7. The second-order valence-electron chi connectivity index (χ2n) is 22.3. The van der Waals surface area contributed by atoms with E-state index in [1.165, 1.54) is 91.9 Å². The molecule has 0 bridgehead atoms. The van der Waals surface area contributed by atoms with Gasteiger partial charge < -0.3 is 13.9 Å². The Kier molecular flexibility index (Phi) is 10.1. The van der Waals surface area contributed by atoms with Crippen LogP contribution in [0, 0.1) is 0 Å². The minimum Gasteiger partial charge on any atom is -0.456 e. The molecule has 384 valence electrons. The first-order valence-corrected chi connectivity index (χ1v) is 29.4. The molecule has 3 nitrogen and oxygen atoms in total. The third kappa shape index (κ3) is 6.99. The minimum absolute atomic E-state index is 0.148. The van der Waals surface area contributed by atoms with E-state index in [-0.39, 0.29) is 6.71 Å². The lowest BCUT2D eigenvalue weighted by molar-refractivity contribution is 0.669. The lowest BCUT2D eigenvalue weighted by Crippen LogP contribution is -2.60. The van der Waals surface area contributed by atoms with E-state index in [1.54, 1.807) is 0 Å². The number of furan rings is 1. The molecule has 5 heterocycles. The molecule has 0 atom stereocenters. The Bertz CT molecular complexity index is 5260. The number of thiophene rings is 1. The lowest BCUT2D eigenvalue weighted by Gasteiger charge is -2.42. The smallest absolute Gasteiger partial charge is 0.252 e. The van der Waals surface area contributed by atoms with Crippen LogP contribution in [0.1, 0.15) is 0 Å². The summed E-state index contributed by atoms with van der Waals surface area (Å²) in [6, 6.07) is 106. The van der Waals surface area contributed by atoms with Gasteiger partial charge in [0.25, 0.3) is 6.71 Å². The van der Waals surface area contributed by atoms with Crippen molar-refractivity contribution in [1.29, 1.82) is 0 Å². The Labute approximate surface area is 483 Å². The normalized spacial score (nSPS) is 12.5. The van der Waals surface area contributed by atoms with Crippen molar-refractivity contribution in [1.82, 2.24) is 4.57 Å². The molecule has 0 radical (unpaired) electrons. The molecule has 0 saturated heterocycles. The summed E-state index contributed by atoms with van der Waals surface area (Å²) in [7, 11) is 0. The first kappa shape index (κ1) is 46.3. The summed E-state index contributed by atoms with van der Waals surface area (Å²) in [4.78, 5) is 2.66. The van der Waals surface area contributed by atoms with Crippen molar-refractivity contribution in [3.05, 3.63) is 285 Å². The summed E-state index contributed by atoms with van der Waals surface area (Å²) >= 11 is 1.89. The van der Waals surface area contributed by atoms with Crippen molar-refractivity contribution in [2.24, 2.45) is 0 Å². The number of nitrogens with zero attached hydrogens (tertiary/aromatic N) is 2.